The van der Waals surface area contributed by atoms with Crippen molar-refractivity contribution in [3.05, 3.63) is 53.6 Å². The minimum Gasteiger partial charge on any atom is -0.493 e. The van der Waals surface area contributed by atoms with Crippen molar-refractivity contribution in [1.29, 1.82) is 5.26 Å². The molecule has 0 aliphatic heterocycles. The van der Waals surface area contributed by atoms with Crippen LogP contribution < -0.4 is 19.5 Å². The molecule has 6 nitrogen and oxygen atoms in total. The quantitative estimate of drug-likeness (QED) is 0.355. The molecule has 0 unspecified atom stereocenters. The molecule has 0 saturated carbocycles. The van der Waals surface area contributed by atoms with Crippen LogP contribution in [0.5, 0.6) is 17.2 Å². The van der Waals surface area contributed by atoms with E-state index in [0.29, 0.717) is 41.7 Å². The van der Waals surface area contributed by atoms with E-state index in [2.05, 4.69) is 12.2 Å². The Hall–Kier alpha value is -3.46. The monoisotopic (exact) mass is 394 g/mol. The third-order valence-electron chi connectivity index (χ3n) is 4.05. The number of rotatable bonds is 10. The lowest BCUT2D eigenvalue weighted by molar-refractivity contribution is -0.112. The topological polar surface area (TPSA) is 80.6 Å². The maximum atomic E-state index is 12.6. The highest BCUT2D eigenvalue weighted by atomic mass is 16.5. The van der Waals surface area contributed by atoms with Crippen molar-refractivity contribution in [2.24, 2.45) is 0 Å². The summed E-state index contributed by atoms with van der Waals surface area (Å²) < 4.78 is 16.6. The van der Waals surface area contributed by atoms with Gasteiger partial charge in [-0.25, -0.2) is 0 Å². The molecule has 6 heteroatoms. The van der Waals surface area contributed by atoms with Crippen molar-refractivity contribution >= 4 is 17.7 Å². The van der Waals surface area contributed by atoms with Crippen LogP contribution >= 0.6 is 0 Å². The lowest BCUT2D eigenvalue weighted by atomic mass is 10.1. The Bertz CT molecular complexity index is 900. The summed E-state index contributed by atoms with van der Waals surface area (Å²) in [5.41, 5.74) is 1.15. The normalized spacial score (nSPS) is 10.8. The summed E-state index contributed by atoms with van der Waals surface area (Å²) in [5, 5.41) is 12.2. The van der Waals surface area contributed by atoms with Gasteiger partial charge in [0.1, 0.15) is 17.4 Å². The molecule has 29 heavy (non-hydrogen) atoms. The molecular weight excluding hydrogens is 368 g/mol. The van der Waals surface area contributed by atoms with Gasteiger partial charge in [0.2, 0.25) is 0 Å². The lowest BCUT2D eigenvalue weighted by Crippen LogP contribution is -2.14. The third kappa shape index (κ3) is 6.28. The number of carbonyl (C=O) groups excluding carboxylic acids is 1. The minimum atomic E-state index is -0.510. The molecule has 2 aromatic carbocycles. The molecular formula is C23H26N2O4. The first-order valence-electron chi connectivity index (χ1n) is 9.58. The van der Waals surface area contributed by atoms with E-state index in [1.54, 1.807) is 43.5 Å². The fourth-order valence-electron chi connectivity index (χ4n) is 2.58. The van der Waals surface area contributed by atoms with Crippen LogP contribution in [-0.4, -0.2) is 26.2 Å². The Morgan fingerprint density at radius 2 is 1.90 bits per heavy atom. The zero-order valence-corrected chi connectivity index (χ0v) is 17.0. The Morgan fingerprint density at radius 1 is 1.10 bits per heavy atom. The van der Waals surface area contributed by atoms with Gasteiger partial charge in [-0.15, -0.1) is 0 Å². The fraction of sp³-hybridized carbons (Fsp3) is 0.304. The van der Waals surface area contributed by atoms with E-state index in [-0.39, 0.29) is 5.57 Å². The van der Waals surface area contributed by atoms with Crippen LogP contribution in [0.15, 0.2) is 48.0 Å². The second kappa shape index (κ2) is 11.4. The van der Waals surface area contributed by atoms with Crippen LogP contribution in [0.4, 0.5) is 5.69 Å². The molecule has 0 aliphatic carbocycles. The average molecular weight is 394 g/mol. The summed E-state index contributed by atoms with van der Waals surface area (Å²) in [6.45, 7) is 4.99. The number of para-hydroxylation sites is 2. The first kappa shape index (κ1) is 21.8. The zero-order valence-electron chi connectivity index (χ0n) is 17.0. The van der Waals surface area contributed by atoms with Gasteiger partial charge in [0, 0.05) is 0 Å². The van der Waals surface area contributed by atoms with Crippen molar-refractivity contribution in [2.75, 3.05) is 25.6 Å². The van der Waals surface area contributed by atoms with E-state index in [4.69, 9.17) is 14.2 Å². The molecule has 0 aliphatic rings. The van der Waals surface area contributed by atoms with Crippen molar-refractivity contribution < 1.29 is 19.0 Å². The van der Waals surface area contributed by atoms with Gasteiger partial charge in [0.25, 0.3) is 5.91 Å². The number of hydrogen-bond donors (Lipinski definition) is 1. The molecule has 0 radical (unpaired) electrons. The van der Waals surface area contributed by atoms with Crippen LogP contribution in [0, 0.1) is 11.3 Å². The number of methoxy groups -OCH3 is 1. The van der Waals surface area contributed by atoms with E-state index < -0.39 is 5.91 Å². The predicted molar refractivity (Wildman–Crippen MR) is 113 cm³/mol. The van der Waals surface area contributed by atoms with E-state index in [1.165, 1.54) is 6.08 Å². The number of nitrogens with one attached hydrogen (secondary N) is 1. The van der Waals surface area contributed by atoms with Crippen LogP contribution in [0.3, 0.4) is 0 Å². The van der Waals surface area contributed by atoms with Gasteiger partial charge < -0.3 is 19.5 Å². The predicted octanol–water partition coefficient (Wildman–Crippen LogP) is 4.82. The number of unbranched alkanes of at least 4 members (excludes halogenated alkanes) is 1. The van der Waals surface area contributed by atoms with E-state index >= 15 is 0 Å². The number of nitrogens with zero attached hydrogens (tertiary/aromatic N) is 1. The van der Waals surface area contributed by atoms with Gasteiger partial charge >= 0.3 is 0 Å². The Labute approximate surface area is 171 Å². The standard InChI is InChI=1S/C23H26N2O4/c1-4-6-13-29-22-15-17(11-12-21(22)27-3)14-18(16-24)23(26)25-19-9-7-8-10-20(19)28-5-2/h7-12,14-15H,4-6,13H2,1-3H3,(H,25,26)/b18-14+. The van der Waals surface area contributed by atoms with Gasteiger partial charge in [-0.05, 0) is 49.2 Å². The summed E-state index contributed by atoms with van der Waals surface area (Å²) in [6, 6.07) is 14.3. The largest absolute Gasteiger partial charge is 0.493 e. The molecule has 0 bridgehead atoms. The number of hydrogen-bond acceptors (Lipinski definition) is 5. The Morgan fingerprint density at radius 3 is 2.59 bits per heavy atom. The maximum Gasteiger partial charge on any atom is 0.266 e. The van der Waals surface area contributed by atoms with E-state index in [0.717, 1.165) is 12.8 Å². The lowest BCUT2D eigenvalue weighted by Gasteiger charge is -2.12. The summed E-state index contributed by atoms with van der Waals surface area (Å²) >= 11 is 0. The van der Waals surface area contributed by atoms with Gasteiger partial charge in [0.05, 0.1) is 26.0 Å². The van der Waals surface area contributed by atoms with Crippen LogP contribution in [0.2, 0.25) is 0 Å². The molecule has 0 spiro atoms. The molecule has 0 fully saturated rings. The van der Waals surface area contributed by atoms with Gasteiger partial charge in [0.15, 0.2) is 11.5 Å². The number of anilines is 1. The molecule has 0 saturated heterocycles. The molecule has 0 atom stereocenters. The second-order valence-corrected chi connectivity index (χ2v) is 6.17. The third-order valence-corrected chi connectivity index (χ3v) is 4.05. The number of ether oxygens (including phenoxy) is 3. The minimum absolute atomic E-state index is 0.0269. The van der Waals surface area contributed by atoms with E-state index in [1.807, 2.05) is 19.1 Å². The average Bonchev–Trinajstić information content (AvgIpc) is 2.74. The summed E-state index contributed by atoms with van der Waals surface area (Å²) in [6.07, 6.45) is 3.46. The highest BCUT2D eigenvalue weighted by Crippen LogP contribution is 2.29. The van der Waals surface area contributed by atoms with Crippen molar-refractivity contribution in [1.82, 2.24) is 0 Å². The summed E-state index contributed by atoms with van der Waals surface area (Å²) in [7, 11) is 1.57. The molecule has 2 rings (SSSR count). The Kier molecular flexibility index (Phi) is 8.58. The molecule has 0 heterocycles. The molecule has 1 N–H and O–H groups in total. The molecule has 1 amide bonds. The van der Waals surface area contributed by atoms with E-state index in [9.17, 15) is 10.1 Å². The first-order chi connectivity index (χ1) is 14.1. The first-order valence-corrected chi connectivity index (χ1v) is 9.58. The second-order valence-electron chi connectivity index (χ2n) is 6.17. The molecule has 152 valence electrons. The van der Waals surface area contributed by atoms with Gasteiger partial charge in [-0.3, -0.25) is 4.79 Å². The van der Waals surface area contributed by atoms with Crippen molar-refractivity contribution in [3.63, 3.8) is 0 Å². The summed E-state index contributed by atoms with van der Waals surface area (Å²) in [5.74, 6) is 1.22. The van der Waals surface area contributed by atoms with Gasteiger partial charge in [-0.1, -0.05) is 31.5 Å². The fourth-order valence-corrected chi connectivity index (χ4v) is 2.58. The van der Waals surface area contributed by atoms with Crippen molar-refractivity contribution in [3.8, 4) is 23.3 Å². The number of benzene rings is 2. The number of carbonyl (C=O) groups is 1. The molecule has 0 aromatic heterocycles. The number of nitriles is 1. The molecule has 2 aromatic rings. The SMILES string of the molecule is CCCCOc1cc(/C=C(\C#N)C(=O)Nc2ccccc2OCC)ccc1OC. The van der Waals surface area contributed by atoms with Crippen LogP contribution in [0.25, 0.3) is 6.08 Å². The summed E-state index contributed by atoms with van der Waals surface area (Å²) in [4.78, 5) is 12.6. The Balaban J connectivity index is 2.23. The highest BCUT2D eigenvalue weighted by molar-refractivity contribution is 6.10. The highest BCUT2D eigenvalue weighted by Gasteiger charge is 2.13. The van der Waals surface area contributed by atoms with Gasteiger partial charge in [-0.2, -0.15) is 5.26 Å². The van der Waals surface area contributed by atoms with Crippen molar-refractivity contribution in [2.45, 2.75) is 26.7 Å². The smallest absolute Gasteiger partial charge is 0.266 e. The van der Waals surface area contributed by atoms with Crippen LogP contribution in [0.1, 0.15) is 32.3 Å². The maximum absolute atomic E-state index is 12.6. The number of amides is 1. The van der Waals surface area contributed by atoms with Crippen LogP contribution in [-0.2, 0) is 4.79 Å². The zero-order chi connectivity index (χ0) is 21.1.